The van der Waals surface area contributed by atoms with Gasteiger partial charge in [0.2, 0.25) is 0 Å². The number of anilines is 1. The van der Waals surface area contributed by atoms with Gasteiger partial charge in [0.05, 0.1) is 5.69 Å². The van der Waals surface area contributed by atoms with Gasteiger partial charge in [-0.05, 0) is 36.5 Å². The number of hydrogen-bond acceptors (Lipinski definition) is 3. The normalized spacial score (nSPS) is 11.1. The average Bonchev–Trinajstić information content (AvgIpc) is 2.47. The monoisotopic (exact) mass is 330 g/mol. The molecule has 22 heavy (non-hydrogen) atoms. The van der Waals surface area contributed by atoms with Crippen molar-refractivity contribution in [2.24, 2.45) is 5.41 Å². The third-order valence-electron chi connectivity index (χ3n) is 3.13. The van der Waals surface area contributed by atoms with Crippen LogP contribution in [0.5, 0.6) is 0 Å². The predicted octanol–water partition coefficient (Wildman–Crippen LogP) is 2.33. The molecule has 0 unspecified atom stereocenters. The van der Waals surface area contributed by atoms with E-state index >= 15 is 0 Å². The number of hydrogen-bond donors (Lipinski definition) is 3. The Kier molecular flexibility index (Phi) is 6.77. The second-order valence-electron chi connectivity index (χ2n) is 5.76. The molecule has 1 aromatic rings. The van der Waals surface area contributed by atoms with Crippen molar-refractivity contribution in [3.05, 3.63) is 29.0 Å². The molecule has 0 aliphatic heterocycles. The molecule has 1 aromatic carbocycles. The van der Waals surface area contributed by atoms with Crippen LogP contribution in [0, 0.1) is 11.2 Å². The van der Waals surface area contributed by atoms with Crippen LogP contribution < -0.4 is 10.6 Å². The summed E-state index contributed by atoms with van der Waals surface area (Å²) < 4.78 is 13.4. The Morgan fingerprint density at radius 3 is 2.64 bits per heavy atom. The van der Waals surface area contributed by atoms with Gasteiger partial charge in [-0.3, -0.25) is 9.59 Å². The minimum Gasteiger partial charge on any atom is -0.396 e. The van der Waals surface area contributed by atoms with Crippen molar-refractivity contribution < 1.29 is 19.1 Å². The fourth-order valence-corrected chi connectivity index (χ4v) is 1.87. The van der Waals surface area contributed by atoms with Gasteiger partial charge in [0.25, 0.3) is 0 Å². The number of carbonyl (C=O) groups is 2. The summed E-state index contributed by atoms with van der Waals surface area (Å²) in [4.78, 5) is 23.3. The summed E-state index contributed by atoms with van der Waals surface area (Å²) in [7, 11) is 0. The molecule has 0 aromatic heterocycles. The van der Waals surface area contributed by atoms with Gasteiger partial charge in [0.15, 0.2) is 0 Å². The Hall–Kier alpha value is -1.66. The lowest BCUT2D eigenvalue weighted by Crippen LogP contribution is -2.36. The van der Waals surface area contributed by atoms with Gasteiger partial charge >= 0.3 is 11.8 Å². The van der Waals surface area contributed by atoms with E-state index in [4.69, 9.17) is 16.7 Å². The van der Waals surface area contributed by atoms with Gasteiger partial charge in [-0.15, -0.1) is 0 Å². The number of aliphatic hydroxyl groups is 1. The van der Waals surface area contributed by atoms with Crippen molar-refractivity contribution in [2.45, 2.75) is 26.7 Å². The maximum absolute atomic E-state index is 13.4. The second kappa shape index (κ2) is 8.10. The molecule has 2 amide bonds. The Morgan fingerprint density at radius 2 is 2.00 bits per heavy atom. The van der Waals surface area contributed by atoms with Crippen LogP contribution in [0.2, 0.25) is 5.02 Å². The first-order chi connectivity index (χ1) is 10.2. The van der Waals surface area contributed by atoms with E-state index < -0.39 is 17.6 Å². The Labute approximate surface area is 133 Å². The van der Waals surface area contributed by atoms with Gasteiger partial charge in [-0.25, -0.2) is 4.39 Å². The van der Waals surface area contributed by atoms with Crippen molar-refractivity contribution in [2.75, 3.05) is 18.5 Å². The number of amides is 2. The molecule has 0 heterocycles. The number of aliphatic hydroxyl groups excluding tert-OH is 1. The highest BCUT2D eigenvalue weighted by Crippen LogP contribution is 2.20. The van der Waals surface area contributed by atoms with Gasteiger partial charge in [0.1, 0.15) is 5.82 Å². The van der Waals surface area contributed by atoms with Gasteiger partial charge in [0, 0.05) is 18.2 Å². The van der Waals surface area contributed by atoms with Crippen LogP contribution in [-0.2, 0) is 9.59 Å². The predicted molar refractivity (Wildman–Crippen MR) is 83.2 cm³/mol. The summed E-state index contributed by atoms with van der Waals surface area (Å²) in [6.45, 7) is 4.16. The summed E-state index contributed by atoms with van der Waals surface area (Å²) in [6, 6.07) is 3.67. The smallest absolute Gasteiger partial charge is 0.313 e. The molecule has 0 saturated carbocycles. The first-order valence-corrected chi connectivity index (χ1v) is 7.28. The highest BCUT2D eigenvalue weighted by Gasteiger charge is 2.18. The van der Waals surface area contributed by atoms with Crippen LogP contribution in [0.1, 0.15) is 26.7 Å². The zero-order valence-electron chi connectivity index (χ0n) is 12.6. The first-order valence-electron chi connectivity index (χ1n) is 6.90. The lowest BCUT2D eigenvalue weighted by molar-refractivity contribution is -0.136. The quantitative estimate of drug-likeness (QED) is 0.553. The van der Waals surface area contributed by atoms with Crippen LogP contribution in [-0.4, -0.2) is 30.1 Å². The molecule has 5 nitrogen and oxygen atoms in total. The third kappa shape index (κ3) is 5.99. The maximum atomic E-state index is 13.4. The molecule has 7 heteroatoms. The lowest BCUT2D eigenvalue weighted by Gasteiger charge is -2.21. The van der Waals surface area contributed by atoms with E-state index in [0.29, 0.717) is 19.4 Å². The number of halogens is 2. The van der Waals surface area contributed by atoms with E-state index in [-0.39, 0.29) is 22.7 Å². The van der Waals surface area contributed by atoms with Crippen LogP contribution in [0.25, 0.3) is 0 Å². The number of nitrogens with one attached hydrogen (secondary N) is 2. The Balaban J connectivity index is 2.43. The van der Waals surface area contributed by atoms with Gasteiger partial charge in [-0.2, -0.15) is 0 Å². The minimum absolute atomic E-state index is 0.0511. The van der Waals surface area contributed by atoms with Crippen molar-refractivity contribution in [3.8, 4) is 0 Å². The van der Waals surface area contributed by atoms with E-state index in [2.05, 4.69) is 10.6 Å². The molecule has 0 atom stereocenters. The SMILES string of the molecule is CC(C)(CO)CCCNC(=O)C(=O)Nc1cc(Cl)ccc1F. The topological polar surface area (TPSA) is 78.4 Å². The summed E-state index contributed by atoms with van der Waals surface area (Å²) in [5.41, 5.74) is -0.370. The molecule has 0 aliphatic carbocycles. The fourth-order valence-electron chi connectivity index (χ4n) is 1.70. The third-order valence-corrected chi connectivity index (χ3v) is 3.36. The minimum atomic E-state index is -0.956. The molecular weight excluding hydrogens is 311 g/mol. The molecule has 0 aliphatic rings. The molecule has 0 spiro atoms. The van der Waals surface area contributed by atoms with E-state index in [0.717, 1.165) is 6.07 Å². The number of benzene rings is 1. The van der Waals surface area contributed by atoms with Crippen LogP contribution in [0.15, 0.2) is 18.2 Å². The maximum Gasteiger partial charge on any atom is 0.313 e. The van der Waals surface area contributed by atoms with Crippen molar-refractivity contribution >= 4 is 29.1 Å². The molecule has 3 N–H and O–H groups in total. The highest BCUT2D eigenvalue weighted by molar-refractivity contribution is 6.39. The fraction of sp³-hybridized carbons (Fsp3) is 0.467. The van der Waals surface area contributed by atoms with Crippen LogP contribution in [0.4, 0.5) is 10.1 Å². The first kappa shape index (κ1) is 18.4. The van der Waals surface area contributed by atoms with Crippen molar-refractivity contribution in [1.82, 2.24) is 5.32 Å². The van der Waals surface area contributed by atoms with Crippen molar-refractivity contribution in [1.29, 1.82) is 0 Å². The summed E-state index contributed by atoms with van der Waals surface area (Å²) >= 11 is 5.70. The van der Waals surface area contributed by atoms with E-state index in [1.807, 2.05) is 13.8 Å². The van der Waals surface area contributed by atoms with Crippen LogP contribution in [0.3, 0.4) is 0 Å². The average molecular weight is 331 g/mol. The van der Waals surface area contributed by atoms with Crippen LogP contribution >= 0.6 is 11.6 Å². The van der Waals surface area contributed by atoms with E-state index in [1.165, 1.54) is 12.1 Å². The Bertz CT molecular complexity index is 550. The van der Waals surface area contributed by atoms with Gasteiger partial charge < -0.3 is 15.7 Å². The number of carbonyl (C=O) groups excluding carboxylic acids is 2. The molecule has 122 valence electrons. The molecule has 0 saturated heterocycles. The largest absolute Gasteiger partial charge is 0.396 e. The molecule has 1 rings (SSSR count). The zero-order chi connectivity index (χ0) is 16.8. The van der Waals surface area contributed by atoms with E-state index in [9.17, 15) is 14.0 Å². The molecule has 0 fully saturated rings. The standard InChI is InChI=1S/C15H20ClFN2O3/c1-15(2,9-20)6-3-7-18-13(21)14(22)19-12-8-10(16)4-5-11(12)17/h4-5,8,20H,3,6-7,9H2,1-2H3,(H,18,21)(H,19,22). The summed E-state index contributed by atoms with van der Waals surface area (Å²) in [6.07, 6.45) is 1.33. The zero-order valence-corrected chi connectivity index (χ0v) is 13.3. The van der Waals surface area contributed by atoms with Gasteiger partial charge in [-0.1, -0.05) is 25.4 Å². The van der Waals surface area contributed by atoms with Crippen molar-refractivity contribution in [3.63, 3.8) is 0 Å². The Morgan fingerprint density at radius 1 is 1.32 bits per heavy atom. The highest BCUT2D eigenvalue weighted by atomic mass is 35.5. The summed E-state index contributed by atoms with van der Waals surface area (Å²) in [5.74, 6) is -2.47. The summed E-state index contributed by atoms with van der Waals surface area (Å²) in [5, 5.41) is 14.0. The number of rotatable bonds is 6. The van der Waals surface area contributed by atoms with E-state index in [1.54, 1.807) is 0 Å². The molecule has 0 radical (unpaired) electrons. The lowest BCUT2D eigenvalue weighted by atomic mass is 9.89. The molecular formula is C15H20ClFN2O3. The molecule has 0 bridgehead atoms. The second-order valence-corrected chi connectivity index (χ2v) is 6.20.